The fraction of sp³-hybridized carbons (Fsp3) is 0. The van der Waals surface area contributed by atoms with Crippen LogP contribution in [0.2, 0.25) is 0 Å². The second-order valence-corrected chi connectivity index (χ2v) is 4.61. The summed E-state index contributed by atoms with van der Waals surface area (Å²) in [5, 5.41) is 20.8. The lowest BCUT2D eigenvalue weighted by molar-refractivity contribution is 0.377. The van der Waals surface area contributed by atoms with Crippen LogP contribution in [0.4, 0.5) is 17.6 Å². The van der Waals surface area contributed by atoms with Gasteiger partial charge in [0.1, 0.15) is 5.75 Å². The molecule has 118 valence electrons. The molecule has 24 heavy (non-hydrogen) atoms. The minimum Gasteiger partial charge on any atom is -0.424 e. The lowest BCUT2D eigenvalue weighted by Crippen LogP contribution is -2.05. The van der Waals surface area contributed by atoms with Gasteiger partial charge in [0.05, 0.1) is 11.6 Å². The Morgan fingerprint density at radius 3 is 2.29 bits per heavy atom. The average Bonchev–Trinajstić information content (AvgIpc) is 2.63. The van der Waals surface area contributed by atoms with Crippen LogP contribution in [-0.4, -0.2) is 20.2 Å². The van der Waals surface area contributed by atoms with Crippen molar-refractivity contribution in [1.82, 2.24) is 15.0 Å². The summed E-state index contributed by atoms with van der Waals surface area (Å²) in [5.41, 5.74) is 3.09. The van der Waals surface area contributed by atoms with E-state index in [1.165, 1.54) is 0 Å². The van der Waals surface area contributed by atoms with Gasteiger partial charge in [0.15, 0.2) is 0 Å². The van der Waals surface area contributed by atoms with Crippen molar-refractivity contribution in [3.05, 3.63) is 60.2 Å². The van der Waals surface area contributed by atoms with E-state index in [1.807, 2.05) is 29.7 Å². The molecule has 0 aliphatic heterocycles. The highest BCUT2D eigenvalue weighted by atomic mass is 16.5. The molecule has 3 rings (SSSR count). The Morgan fingerprint density at radius 1 is 0.917 bits per heavy atom. The summed E-state index contributed by atoms with van der Waals surface area (Å²) in [4.78, 5) is 12.1. The van der Waals surface area contributed by atoms with Crippen molar-refractivity contribution in [2.24, 2.45) is 0 Å². The van der Waals surface area contributed by atoms with Gasteiger partial charge in [0.25, 0.3) is 5.95 Å². The molecule has 0 spiro atoms. The third-order valence-corrected chi connectivity index (χ3v) is 2.94. The van der Waals surface area contributed by atoms with Gasteiger partial charge in [0, 0.05) is 5.69 Å². The summed E-state index contributed by atoms with van der Waals surface area (Å²) in [6.45, 7) is 0. The van der Waals surface area contributed by atoms with Crippen molar-refractivity contribution in [1.29, 1.82) is 5.26 Å². The summed E-state index contributed by atoms with van der Waals surface area (Å²) in [6.07, 6.45) is 0. The van der Waals surface area contributed by atoms with Crippen LogP contribution >= 0.6 is 0 Å². The number of rotatable bonds is 5. The highest BCUT2D eigenvalue weighted by Crippen LogP contribution is 2.21. The molecule has 0 bridgehead atoms. The number of aromatic nitrogens is 3. The molecule has 8 nitrogen and oxygen atoms in total. The molecular formula is C16H12N6O2. The molecule has 0 unspecified atom stereocenters. The minimum atomic E-state index is -0.0629. The van der Waals surface area contributed by atoms with Crippen LogP contribution in [0.1, 0.15) is 5.56 Å². The Labute approximate surface area is 137 Å². The summed E-state index contributed by atoms with van der Waals surface area (Å²) >= 11 is 0. The fourth-order valence-electron chi connectivity index (χ4n) is 1.86. The number of nitriles is 1. The number of hydrogen-bond donors (Lipinski definition) is 3. The molecule has 0 aliphatic carbocycles. The van der Waals surface area contributed by atoms with E-state index in [9.17, 15) is 0 Å². The van der Waals surface area contributed by atoms with Crippen molar-refractivity contribution in [2.45, 2.75) is 0 Å². The first kappa shape index (κ1) is 15.2. The number of anilines is 3. The van der Waals surface area contributed by atoms with E-state index in [4.69, 9.17) is 15.2 Å². The predicted molar refractivity (Wildman–Crippen MR) is 86.2 cm³/mol. The van der Waals surface area contributed by atoms with Gasteiger partial charge in [-0.2, -0.15) is 20.2 Å². The molecule has 1 heterocycles. The van der Waals surface area contributed by atoms with Crippen LogP contribution < -0.4 is 15.5 Å². The summed E-state index contributed by atoms with van der Waals surface area (Å²) in [6, 6.07) is 17.8. The lowest BCUT2D eigenvalue weighted by atomic mass is 10.2. The van der Waals surface area contributed by atoms with E-state index in [2.05, 4.69) is 20.3 Å². The minimum absolute atomic E-state index is 0.0175. The maximum Gasteiger partial charge on any atom is 0.328 e. The van der Waals surface area contributed by atoms with Crippen molar-refractivity contribution < 1.29 is 9.94 Å². The highest BCUT2D eigenvalue weighted by Gasteiger charge is 2.08. The quantitative estimate of drug-likeness (QED) is 0.614. The maximum atomic E-state index is 9.06. The third-order valence-electron chi connectivity index (χ3n) is 2.94. The standard InChI is InChI=1S/C16H12N6O2/c17-10-11-6-8-12(9-7-11)18-14-19-15(22-23)21-16(20-14)24-13-4-2-1-3-5-13/h1-9,23H,(H2,18,19,20,21,22). The van der Waals surface area contributed by atoms with Crippen LogP contribution in [0, 0.1) is 11.3 Å². The van der Waals surface area contributed by atoms with E-state index in [-0.39, 0.29) is 17.9 Å². The second kappa shape index (κ2) is 7.04. The molecule has 0 fully saturated rings. The molecule has 2 aromatic carbocycles. The molecule has 0 saturated heterocycles. The Balaban J connectivity index is 1.84. The molecule has 0 saturated carbocycles. The third kappa shape index (κ3) is 3.73. The Morgan fingerprint density at radius 2 is 1.62 bits per heavy atom. The summed E-state index contributed by atoms with van der Waals surface area (Å²) in [7, 11) is 0. The molecule has 0 amide bonds. The molecule has 0 aliphatic rings. The smallest absolute Gasteiger partial charge is 0.328 e. The van der Waals surface area contributed by atoms with Crippen LogP contribution in [0.5, 0.6) is 11.8 Å². The average molecular weight is 320 g/mol. The molecule has 8 heteroatoms. The Bertz CT molecular complexity index is 862. The van der Waals surface area contributed by atoms with Crippen molar-refractivity contribution in [2.75, 3.05) is 10.8 Å². The summed E-state index contributed by atoms with van der Waals surface area (Å²) in [5.74, 6) is 0.668. The topological polar surface area (TPSA) is 116 Å². The number of hydrogen-bond acceptors (Lipinski definition) is 8. The van der Waals surface area contributed by atoms with Gasteiger partial charge >= 0.3 is 6.01 Å². The number of para-hydroxylation sites is 1. The zero-order valence-electron chi connectivity index (χ0n) is 12.3. The lowest BCUT2D eigenvalue weighted by Gasteiger charge is -2.09. The Kier molecular flexibility index (Phi) is 4.46. The van der Waals surface area contributed by atoms with Crippen LogP contribution in [-0.2, 0) is 0 Å². The van der Waals surface area contributed by atoms with Crippen molar-refractivity contribution in [3.63, 3.8) is 0 Å². The van der Waals surface area contributed by atoms with Crippen LogP contribution in [0.25, 0.3) is 0 Å². The van der Waals surface area contributed by atoms with Gasteiger partial charge in [-0.15, -0.1) is 0 Å². The predicted octanol–water partition coefficient (Wildman–Crippen LogP) is 3.08. The molecule has 3 aromatic rings. The Hall–Kier alpha value is -3.70. The molecule has 0 atom stereocenters. The van der Waals surface area contributed by atoms with E-state index < -0.39 is 0 Å². The highest BCUT2D eigenvalue weighted by molar-refractivity contribution is 5.55. The number of nitrogens with one attached hydrogen (secondary N) is 2. The summed E-state index contributed by atoms with van der Waals surface area (Å²) < 4.78 is 5.54. The zero-order valence-corrected chi connectivity index (χ0v) is 12.3. The van der Waals surface area contributed by atoms with Crippen molar-refractivity contribution in [3.8, 4) is 17.8 Å². The monoisotopic (exact) mass is 320 g/mol. The first-order valence-electron chi connectivity index (χ1n) is 6.93. The zero-order chi connectivity index (χ0) is 16.8. The number of ether oxygens (including phenoxy) is 1. The SMILES string of the molecule is N#Cc1ccc(Nc2nc(NO)nc(Oc3ccccc3)n2)cc1. The molecule has 1 aromatic heterocycles. The fourth-order valence-corrected chi connectivity index (χ4v) is 1.86. The van der Waals surface area contributed by atoms with Gasteiger partial charge in [-0.05, 0) is 36.4 Å². The van der Waals surface area contributed by atoms with Gasteiger partial charge in [-0.25, -0.2) is 5.48 Å². The molecule has 3 N–H and O–H groups in total. The molecular weight excluding hydrogens is 308 g/mol. The second-order valence-electron chi connectivity index (χ2n) is 4.61. The van der Waals surface area contributed by atoms with Crippen molar-refractivity contribution >= 4 is 17.6 Å². The van der Waals surface area contributed by atoms with Gasteiger partial charge in [-0.1, -0.05) is 18.2 Å². The van der Waals surface area contributed by atoms with Gasteiger partial charge in [-0.3, -0.25) is 5.21 Å². The van der Waals surface area contributed by atoms with E-state index >= 15 is 0 Å². The number of benzene rings is 2. The van der Waals surface area contributed by atoms with Gasteiger partial charge < -0.3 is 10.1 Å². The first-order valence-corrected chi connectivity index (χ1v) is 6.93. The van der Waals surface area contributed by atoms with E-state index in [0.717, 1.165) is 0 Å². The number of nitrogens with zero attached hydrogens (tertiary/aromatic N) is 4. The van der Waals surface area contributed by atoms with Crippen LogP contribution in [0.3, 0.4) is 0 Å². The van der Waals surface area contributed by atoms with E-state index in [1.54, 1.807) is 36.4 Å². The largest absolute Gasteiger partial charge is 0.424 e. The first-order chi connectivity index (χ1) is 11.8. The van der Waals surface area contributed by atoms with E-state index in [0.29, 0.717) is 17.0 Å². The van der Waals surface area contributed by atoms with Crippen LogP contribution in [0.15, 0.2) is 54.6 Å². The van der Waals surface area contributed by atoms with Gasteiger partial charge in [0.2, 0.25) is 5.95 Å². The molecule has 0 radical (unpaired) electrons. The normalized spacial score (nSPS) is 9.83. The maximum absolute atomic E-state index is 9.06.